The Balaban J connectivity index is 1.11. The van der Waals surface area contributed by atoms with Crippen LogP contribution < -0.4 is 9.47 Å². The predicted molar refractivity (Wildman–Crippen MR) is 112 cm³/mol. The lowest BCUT2D eigenvalue weighted by molar-refractivity contribution is 0.0341. The van der Waals surface area contributed by atoms with Gasteiger partial charge in [-0.05, 0) is 30.5 Å². The Morgan fingerprint density at radius 2 is 1.80 bits per heavy atom. The molecular weight excluding hydrogens is 384 g/mol. The van der Waals surface area contributed by atoms with Gasteiger partial charge in [-0.2, -0.15) is 0 Å². The number of fused-ring (bicyclic) bond motifs is 5. The van der Waals surface area contributed by atoms with Crippen LogP contribution in [0.15, 0.2) is 18.2 Å². The van der Waals surface area contributed by atoms with Gasteiger partial charge in [0.25, 0.3) is 0 Å². The number of morpholine rings is 1. The van der Waals surface area contributed by atoms with E-state index in [4.69, 9.17) is 18.9 Å². The molecule has 30 heavy (non-hydrogen) atoms. The molecule has 0 amide bonds. The van der Waals surface area contributed by atoms with E-state index in [1.54, 1.807) is 7.11 Å². The average Bonchev–Trinajstić information content (AvgIpc) is 3.47. The van der Waals surface area contributed by atoms with Crippen LogP contribution in [0.3, 0.4) is 0 Å². The van der Waals surface area contributed by atoms with Gasteiger partial charge in [0.1, 0.15) is 12.7 Å². The van der Waals surface area contributed by atoms with Crippen LogP contribution in [0.2, 0.25) is 0 Å². The minimum Gasteiger partial charge on any atom is -0.493 e. The van der Waals surface area contributed by atoms with Crippen LogP contribution in [0.4, 0.5) is 0 Å². The summed E-state index contributed by atoms with van der Waals surface area (Å²) in [5, 5.41) is 10.6. The molecule has 0 aliphatic carbocycles. The minimum atomic E-state index is -0.514. The largest absolute Gasteiger partial charge is 0.493 e. The van der Waals surface area contributed by atoms with Gasteiger partial charge in [0.2, 0.25) is 0 Å². The van der Waals surface area contributed by atoms with E-state index in [0.717, 1.165) is 51.7 Å². The predicted octanol–water partition coefficient (Wildman–Crippen LogP) is 1.38. The number of likely N-dealkylation sites (tertiary alicyclic amines) is 1. The highest BCUT2D eigenvalue weighted by Crippen LogP contribution is 2.47. The topological polar surface area (TPSA) is 63.6 Å². The van der Waals surface area contributed by atoms with Gasteiger partial charge in [0.15, 0.2) is 11.5 Å². The number of benzene rings is 1. The number of rotatable bonds is 8. The molecule has 4 aliphatic rings. The molecule has 4 aliphatic heterocycles. The molecule has 0 saturated carbocycles. The maximum atomic E-state index is 10.6. The number of ether oxygens (including phenoxy) is 4. The molecular formula is C23H34N2O5. The van der Waals surface area contributed by atoms with Crippen molar-refractivity contribution >= 4 is 0 Å². The van der Waals surface area contributed by atoms with Gasteiger partial charge in [-0.3, -0.25) is 9.80 Å². The fraction of sp³-hybridized carbons (Fsp3) is 0.739. The first kappa shape index (κ1) is 20.5. The van der Waals surface area contributed by atoms with Crippen LogP contribution in [0, 0.1) is 11.8 Å². The van der Waals surface area contributed by atoms with Crippen LogP contribution in [0.5, 0.6) is 11.5 Å². The lowest BCUT2D eigenvalue weighted by atomic mass is 9.82. The summed E-state index contributed by atoms with van der Waals surface area (Å²) in [5.41, 5.74) is 1.20. The number of methoxy groups -OCH3 is 1. The number of hydrogen-bond donors (Lipinski definition) is 1. The van der Waals surface area contributed by atoms with Crippen LogP contribution in [-0.4, -0.2) is 92.9 Å². The van der Waals surface area contributed by atoms with Gasteiger partial charge >= 0.3 is 0 Å². The number of aliphatic hydroxyl groups is 1. The SMILES string of the molecule is COc1cc(CN2CCOCC2)ccc1OCC(O)CN1C[C@@H]2[C@H](C1)[C@H]1CC[C@@H]2O1. The third-order valence-corrected chi connectivity index (χ3v) is 7.17. The fourth-order valence-electron chi connectivity index (χ4n) is 5.68. The third-order valence-electron chi connectivity index (χ3n) is 7.17. The molecule has 1 N–H and O–H groups in total. The fourth-order valence-corrected chi connectivity index (χ4v) is 5.68. The maximum Gasteiger partial charge on any atom is 0.161 e. The van der Waals surface area contributed by atoms with Crippen molar-refractivity contribution in [2.24, 2.45) is 11.8 Å². The van der Waals surface area contributed by atoms with E-state index in [2.05, 4.69) is 15.9 Å². The number of nitrogens with zero attached hydrogens (tertiary/aromatic N) is 2. The van der Waals surface area contributed by atoms with Gasteiger partial charge in [-0.15, -0.1) is 0 Å². The van der Waals surface area contributed by atoms with Crippen LogP contribution in [0.1, 0.15) is 18.4 Å². The van der Waals surface area contributed by atoms with E-state index in [9.17, 15) is 5.11 Å². The van der Waals surface area contributed by atoms with Crippen molar-refractivity contribution in [3.05, 3.63) is 23.8 Å². The van der Waals surface area contributed by atoms with Gasteiger partial charge in [0.05, 0.1) is 32.5 Å². The molecule has 7 nitrogen and oxygen atoms in total. The summed E-state index contributed by atoms with van der Waals surface area (Å²) >= 11 is 0. The van der Waals surface area contributed by atoms with Crippen LogP contribution in [0.25, 0.3) is 0 Å². The normalized spacial score (nSPS) is 32.3. The third kappa shape index (κ3) is 4.32. The Labute approximate surface area is 178 Å². The smallest absolute Gasteiger partial charge is 0.161 e. The highest BCUT2D eigenvalue weighted by atomic mass is 16.5. The first-order valence-corrected chi connectivity index (χ1v) is 11.4. The van der Waals surface area contributed by atoms with Gasteiger partial charge in [-0.1, -0.05) is 6.07 Å². The summed E-state index contributed by atoms with van der Waals surface area (Å²) in [4.78, 5) is 4.77. The summed E-state index contributed by atoms with van der Waals surface area (Å²) in [6, 6.07) is 6.07. The zero-order valence-electron chi connectivity index (χ0n) is 17.9. The van der Waals surface area contributed by atoms with Crippen molar-refractivity contribution < 1.29 is 24.1 Å². The molecule has 4 saturated heterocycles. The molecule has 2 bridgehead atoms. The molecule has 166 valence electrons. The first-order valence-electron chi connectivity index (χ1n) is 11.4. The number of hydrogen-bond acceptors (Lipinski definition) is 7. The quantitative estimate of drug-likeness (QED) is 0.684. The lowest BCUT2D eigenvalue weighted by Gasteiger charge is -2.27. The number of aliphatic hydroxyl groups excluding tert-OH is 1. The Hall–Kier alpha value is -1.38. The first-order chi connectivity index (χ1) is 14.7. The standard InChI is InChI=1S/C23H34N2O5/c1-27-23-10-16(11-24-6-8-28-9-7-24)2-3-22(23)29-15-17(26)12-25-13-18-19(14-25)21-5-4-20(18)30-21/h2-3,10,17-21,26H,4-9,11-15H2,1H3/t17?,18-,19+,20+,21-. The Morgan fingerprint density at radius 1 is 1.07 bits per heavy atom. The molecule has 5 atom stereocenters. The average molecular weight is 419 g/mol. The van der Waals surface area contributed by atoms with Crippen molar-refractivity contribution in [2.75, 3.05) is 59.7 Å². The Morgan fingerprint density at radius 3 is 2.50 bits per heavy atom. The molecule has 0 radical (unpaired) electrons. The van der Waals surface area contributed by atoms with Crippen molar-refractivity contribution in [1.29, 1.82) is 0 Å². The highest BCUT2D eigenvalue weighted by Gasteiger charge is 2.52. The summed E-state index contributed by atoms with van der Waals surface area (Å²) < 4.78 is 22.9. The van der Waals surface area contributed by atoms with E-state index < -0.39 is 6.10 Å². The molecule has 4 fully saturated rings. The second kappa shape index (κ2) is 9.01. The van der Waals surface area contributed by atoms with E-state index in [0.29, 0.717) is 36.3 Å². The van der Waals surface area contributed by atoms with Crippen molar-refractivity contribution in [3.63, 3.8) is 0 Å². The Bertz CT molecular complexity index is 708. The monoisotopic (exact) mass is 418 g/mol. The molecule has 0 aromatic heterocycles. The van der Waals surface area contributed by atoms with Gasteiger partial charge in [-0.25, -0.2) is 0 Å². The Kier molecular flexibility index (Phi) is 6.16. The summed E-state index contributed by atoms with van der Waals surface area (Å²) in [6.45, 7) is 7.40. The summed E-state index contributed by atoms with van der Waals surface area (Å²) in [7, 11) is 1.66. The van der Waals surface area contributed by atoms with E-state index in [1.165, 1.54) is 18.4 Å². The number of β-amino-alcohol motifs (C(OH)–C–C–N with tert-alkyl or cyclic N) is 1. The molecule has 1 unspecified atom stereocenters. The summed E-state index contributed by atoms with van der Waals surface area (Å²) in [5.74, 6) is 2.73. The molecule has 4 heterocycles. The molecule has 7 heteroatoms. The molecule has 1 aromatic carbocycles. The zero-order chi connectivity index (χ0) is 20.5. The van der Waals surface area contributed by atoms with E-state index in [-0.39, 0.29) is 6.61 Å². The van der Waals surface area contributed by atoms with Gasteiger partial charge in [0, 0.05) is 51.1 Å². The van der Waals surface area contributed by atoms with Crippen molar-refractivity contribution in [1.82, 2.24) is 9.80 Å². The summed E-state index contributed by atoms with van der Waals surface area (Å²) in [6.07, 6.45) is 2.83. The molecule has 1 aromatic rings. The zero-order valence-corrected chi connectivity index (χ0v) is 17.9. The van der Waals surface area contributed by atoms with Crippen LogP contribution in [-0.2, 0) is 16.0 Å². The van der Waals surface area contributed by atoms with E-state index in [1.807, 2.05) is 12.1 Å². The van der Waals surface area contributed by atoms with Crippen molar-refractivity contribution in [3.8, 4) is 11.5 Å². The second-order valence-electron chi connectivity index (χ2n) is 9.18. The minimum absolute atomic E-state index is 0.272. The van der Waals surface area contributed by atoms with E-state index >= 15 is 0 Å². The molecule has 0 spiro atoms. The maximum absolute atomic E-state index is 10.6. The second-order valence-corrected chi connectivity index (χ2v) is 9.18. The van der Waals surface area contributed by atoms with Gasteiger partial charge < -0.3 is 24.1 Å². The highest BCUT2D eigenvalue weighted by molar-refractivity contribution is 5.43. The lowest BCUT2D eigenvalue weighted by Crippen LogP contribution is -2.36. The van der Waals surface area contributed by atoms with Crippen molar-refractivity contribution in [2.45, 2.75) is 37.7 Å². The molecule has 5 rings (SSSR count). The van der Waals surface area contributed by atoms with Crippen LogP contribution >= 0.6 is 0 Å².